The summed E-state index contributed by atoms with van der Waals surface area (Å²) in [6.45, 7) is 3.23. The first-order chi connectivity index (χ1) is 8.74. The average Bonchev–Trinajstić information content (AvgIpc) is 2.30. The molecule has 0 amide bonds. The fourth-order valence-electron chi connectivity index (χ4n) is 2.58. The molecule has 0 bridgehead atoms. The first-order valence-corrected chi connectivity index (χ1v) is 7.59. The van der Waals surface area contributed by atoms with Gasteiger partial charge < -0.3 is 10.1 Å². The third-order valence-corrected chi connectivity index (χ3v) is 4.65. The highest BCUT2D eigenvalue weighted by molar-refractivity contribution is 9.10. The fraction of sp³-hybridized carbons (Fsp3) is 0.600. The Hall–Kier alpha value is -0.540. The summed E-state index contributed by atoms with van der Waals surface area (Å²) in [6, 6.07) is 6.83. The number of benzene rings is 1. The molecule has 0 spiro atoms. The van der Waals surface area contributed by atoms with Gasteiger partial charge in [-0.2, -0.15) is 0 Å². The summed E-state index contributed by atoms with van der Waals surface area (Å²) in [5, 5.41) is 3.64. The second kappa shape index (κ2) is 6.58. The van der Waals surface area contributed by atoms with Crippen molar-refractivity contribution in [3.63, 3.8) is 0 Å². The molecule has 0 heterocycles. The highest BCUT2D eigenvalue weighted by Crippen LogP contribution is 2.33. The Bertz CT molecular complexity index is 390. The monoisotopic (exact) mass is 311 g/mol. The lowest BCUT2D eigenvalue weighted by Crippen LogP contribution is -2.41. The molecule has 1 aromatic rings. The number of likely N-dealkylation sites (N-methyl/N-ethyl adjacent to an activating group) is 1. The number of hydrogen-bond donors (Lipinski definition) is 1. The summed E-state index contributed by atoms with van der Waals surface area (Å²) in [5.74, 6) is 1.79. The van der Waals surface area contributed by atoms with E-state index < -0.39 is 0 Å². The molecule has 1 fully saturated rings. The Morgan fingerprint density at radius 1 is 1.44 bits per heavy atom. The van der Waals surface area contributed by atoms with Crippen LogP contribution in [-0.4, -0.2) is 19.7 Å². The number of ether oxygens (including phenoxy) is 1. The molecule has 100 valence electrons. The summed E-state index contributed by atoms with van der Waals surface area (Å²) in [4.78, 5) is 0. The van der Waals surface area contributed by atoms with E-state index in [-0.39, 0.29) is 0 Å². The van der Waals surface area contributed by atoms with E-state index in [9.17, 15) is 0 Å². The lowest BCUT2D eigenvalue weighted by atomic mass is 9.77. The zero-order valence-electron chi connectivity index (χ0n) is 11.2. The van der Waals surface area contributed by atoms with E-state index in [0.717, 1.165) is 24.6 Å². The maximum absolute atomic E-state index is 5.31. The third kappa shape index (κ3) is 3.27. The first-order valence-electron chi connectivity index (χ1n) is 6.80. The van der Waals surface area contributed by atoms with Crippen LogP contribution in [0.4, 0.5) is 0 Å². The smallest absolute Gasteiger partial charge is 0.119 e. The van der Waals surface area contributed by atoms with Crippen LogP contribution >= 0.6 is 15.9 Å². The van der Waals surface area contributed by atoms with Crippen LogP contribution in [0.15, 0.2) is 22.7 Å². The molecular formula is C15H22BrNO. The SMILES string of the molecule is CCNC(Cc1cc(OC)ccc1Br)C1CCC1. The van der Waals surface area contributed by atoms with Crippen LogP contribution in [0.2, 0.25) is 0 Å². The molecule has 0 aromatic heterocycles. The Kier molecular flexibility index (Phi) is 5.07. The molecule has 2 nitrogen and oxygen atoms in total. The summed E-state index contributed by atoms with van der Waals surface area (Å²) >= 11 is 3.64. The van der Waals surface area contributed by atoms with Crippen molar-refractivity contribution in [2.75, 3.05) is 13.7 Å². The lowest BCUT2D eigenvalue weighted by Gasteiger charge is -2.34. The molecule has 2 rings (SSSR count). The van der Waals surface area contributed by atoms with Gasteiger partial charge in [-0.3, -0.25) is 0 Å². The van der Waals surface area contributed by atoms with Gasteiger partial charge in [-0.05, 0) is 55.5 Å². The van der Waals surface area contributed by atoms with Gasteiger partial charge >= 0.3 is 0 Å². The van der Waals surface area contributed by atoms with E-state index in [1.165, 1.54) is 29.3 Å². The van der Waals surface area contributed by atoms with Crippen molar-refractivity contribution >= 4 is 15.9 Å². The zero-order chi connectivity index (χ0) is 13.0. The van der Waals surface area contributed by atoms with Crippen molar-refractivity contribution in [1.82, 2.24) is 5.32 Å². The Morgan fingerprint density at radius 2 is 2.22 bits per heavy atom. The van der Waals surface area contributed by atoms with Gasteiger partial charge in [0.05, 0.1) is 7.11 Å². The summed E-state index contributed by atoms with van der Waals surface area (Å²) in [6.07, 6.45) is 5.22. The van der Waals surface area contributed by atoms with E-state index in [0.29, 0.717) is 6.04 Å². The Morgan fingerprint density at radius 3 is 2.78 bits per heavy atom. The molecule has 0 saturated heterocycles. The fourth-order valence-corrected chi connectivity index (χ4v) is 2.99. The average molecular weight is 312 g/mol. The van der Waals surface area contributed by atoms with Gasteiger partial charge in [0, 0.05) is 10.5 Å². The topological polar surface area (TPSA) is 21.3 Å². The number of hydrogen-bond acceptors (Lipinski definition) is 2. The van der Waals surface area contributed by atoms with Crippen molar-refractivity contribution in [3.8, 4) is 5.75 Å². The molecule has 3 heteroatoms. The van der Waals surface area contributed by atoms with Crippen LogP contribution in [0, 0.1) is 5.92 Å². The summed E-state index contributed by atoms with van der Waals surface area (Å²) in [7, 11) is 1.72. The molecule has 1 N–H and O–H groups in total. The van der Waals surface area contributed by atoms with Gasteiger partial charge in [0.1, 0.15) is 5.75 Å². The van der Waals surface area contributed by atoms with E-state index in [4.69, 9.17) is 4.74 Å². The van der Waals surface area contributed by atoms with Crippen LogP contribution < -0.4 is 10.1 Å². The van der Waals surface area contributed by atoms with Crippen molar-refractivity contribution in [1.29, 1.82) is 0 Å². The van der Waals surface area contributed by atoms with E-state index >= 15 is 0 Å². The zero-order valence-corrected chi connectivity index (χ0v) is 12.8. The predicted octanol–water partition coefficient (Wildman–Crippen LogP) is 3.78. The predicted molar refractivity (Wildman–Crippen MR) is 79.2 cm³/mol. The van der Waals surface area contributed by atoms with Gasteiger partial charge in [-0.25, -0.2) is 0 Å². The molecule has 18 heavy (non-hydrogen) atoms. The van der Waals surface area contributed by atoms with Crippen molar-refractivity contribution in [2.24, 2.45) is 5.92 Å². The van der Waals surface area contributed by atoms with Crippen LogP contribution in [-0.2, 0) is 6.42 Å². The summed E-state index contributed by atoms with van der Waals surface area (Å²) < 4.78 is 6.50. The molecule has 1 aliphatic carbocycles. The summed E-state index contributed by atoms with van der Waals surface area (Å²) in [5.41, 5.74) is 1.34. The second-order valence-corrected chi connectivity index (χ2v) is 5.87. The highest BCUT2D eigenvalue weighted by Gasteiger charge is 2.27. The number of methoxy groups -OCH3 is 1. The van der Waals surface area contributed by atoms with Gasteiger partial charge in [-0.15, -0.1) is 0 Å². The van der Waals surface area contributed by atoms with Crippen molar-refractivity contribution in [3.05, 3.63) is 28.2 Å². The minimum absolute atomic E-state index is 0.604. The van der Waals surface area contributed by atoms with Crippen molar-refractivity contribution < 1.29 is 4.74 Å². The van der Waals surface area contributed by atoms with Crippen LogP contribution in [0.1, 0.15) is 31.7 Å². The van der Waals surface area contributed by atoms with E-state index in [1.54, 1.807) is 7.11 Å². The van der Waals surface area contributed by atoms with Gasteiger partial charge in [-0.1, -0.05) is 29.3 Å². The second-order valence-electron chi connectivity index (χ2n) is 5.02. The maximum Gasteiger partial charge on any atom is 0.119 e. The Balaban J connectivity index is 2.09. The van der Waals surface area contributed by atoms with Crippen LogP contribution in [0.3, 0.4) is 0 Å². The normalized spacial score (nSPS) is 17.3. The minimum Gasteiger partial charge on any atom is -0.497 e. The van der Waals surface area contributed by atoms with Gasteiger partial charge in [0.25, 0.3) is 0 Å². The molecule has 1 unspecified atom stereocenters. The van der Waals surface area contributed by atoms with E-state index in [1.807, 2.05) is 6.07 Å². The first kappa shape index (κ1) is 13.9. The highest BCUT2D eigenvalue weighted by atomic mass is 79.9. The molecule has 1 atom stereocenters. The molecule has 1 aromatic carbocycles. The standard InChI is InChI=1S/C15H22BrNO/c1-3-17-15(11-5-4-6-11)10-12-9-13(18-2)7-8-14(12)16/h7-9,11,15,17H,3-6,10H2,1-2H3. The Labute approximate surface area is 118 Å². The number of halogens is 1. The minimum atomic E-state index is 0.604. The third-order valence-electron chi connectivity index (χ3n) is 3.88. The largest absolute Gasteiger partial charge is 0.497 e. The molecule has 0 radical (unpaired) electrons. The van der Waals surface area contributed by atoms with Crippen LogP contribution in [0.25, 0.3) is 0 Å². The number of rotatable bonds is 6. The number of nitrogens with one attached hydrogen (secondary N) is 1. The molecule has 1 saturated carbocycles. The quantitative estimate of drug-likeness (QED) is 0.863. The van der Waals surface area contributed by atoms with Crippen LogP contribution in [0.5, 0.6) is 5.75 Å². The molecule has 0 aliphatic heterocycles. The van der Waals surface area contributed by atoms with Gasteiger partial charge in [0.2, 0.25) is 0 Å². The lowest BCUT2D eigenvalue weighted by molar-refractivity contribution is 0.229. The van der Waals surface area contributed by atoms with Gasteiger partial charge in [0.15, 0.2) is 0 Å². The molecular weight excluding hydrogens is 290 g/mol. The van der Waals surface area contributed by atoms with E-state index in [2.05, 4.69) is 40.3 Å². The van der Waals surface area contributed by atoms with Crippen molar-refractivity contribution in [2.45, 2.75) is 38.6 Å². The molecule has 1 aliphatic rings. The maximum atomic E-state index is 5.31.